The third-order valence-corrected chi connectivity index (χ3v) is 3.97. The second-order valence-electron chi connectivity index (χ2n) is 4.50. The zero-order chi connectivity index (χ0) is 15.5. The van der Waals surface area contributed by atoms with Gasteiger partial charge in [-0.15, -0.1) is 6.42 Å². The van der Waals surface area contributed by atoms with Crippen molar-refractivity contribution in [3.8, 4) is 18.0 Å². The number of hydrogen-bond acceptors (Lipinski definition) is 3. The van der Waals surface area contributed by atoms with Crippen LogP contribution in [0, 0.1) is 18.2 Å². The molecule has 0 fully saturated rings. The fourth-order valence-electron chi connectivity index (χ4n) is 2.16. The molecule has 0 aliphatic rings. The molecule has 108 valence electrons. The maximum absolute atomic E-state index is 14.1. The monoisotopic (exact) mass is 310 g/mol. The fourth-order valence-corrected chi connectivity index (χ4v) is 2.85. The quantitative estimate of drug-likeness (QED) is 0.423. The summed E-state index contributed by atoms with van der Waals surface area (Å²) < 4.78 is 15.4. The Morgan fingerprint density at radius 2 is 1.91 bits per heavy atom. The van der Waals surface area contributed by atoms with E-state index in [1.54, 1.807) is 42.5 Å². The average Bonchev–Trinajstić information content (AvgIpc) is 2.54. The third-order valence-electron chi connectivity index (χ3n) is 3.12. The summed E-state index contributed by atoms with van der Waals surface area (Å²) in [5.74, 6) is 2.36. The molecule has 0 N–H and O–H groups in total. The van der Waals surface area contributed by atoms with Crippen LogP contribution in [-0.4, -0.2) is 15.3 Å². The van der Waals surface area contributed by atoms with Crippen molar-refractivity contribution in [2.75, 3.05) is 5.75 Å². The van der Waals surface area contributed by atoms with Gasteiger partial charge in [-0.2, -0.15) is 0 Å². The maximum Gasteiger partial charge on any atom is 0.266 e. The molecular formula is C17H11FN2OS. The molecule has 1 heterocycles. The topological polar surface area (TPSA) is 34.9 Å². The highest BCUT2D eigenvalue weighted by molar-refractivity contribution is 7.99. The standard InChI is InChI=1S/C17H11FN2OS/c1-2-11-22-17-19-14-9-5-3-7-12(14)16(21)20(17)15-10-6-4-8-13(15)18/h1,3-10H,11H2. The van der Waals surface area contributed by atoms with Gasteiger partial charge in [-0.3, -0.25) is 9.36 Å². The summed E-state index contributed by atoms with van der Waals surface area (Å²) in [5.41, 5.74) is 0.431. The van der Waals surface area contributed by atoms with Crippen LogP contribution in [-0.2, 0) is 0 Å². The molecule has 3 rings (SSSR count). The van der Waals surface area contributed by atoms with Crippen LogP contribution in [0.3, 0.4) is 0 Å². The summed E-state index contributed by atoms with van der Waals surface area (Å²) in [5, 5.41) is 0.822. The second kappa shape index (κ2) is 6.04. The Kier molecular flexibility index (Phi) is 3.94. The number of rotatable bonds is 3. The van der Waals surface area contributed by atoms with Gasteiger partial charge in [-0.25, -0.2) is 9.37 Å². The first-order chi connectivity index (χ1) is 10.7. The minimum Gasteiger partial charge on any atom is -0.268 e. The lowest BCUT2D eigenvalue weighted by atomic mass is 10.2. The Labute approximate surface area is 130 Å². The van der Waals surface area contributed by atoms with Crippen LogP contribution in [0.1, 0.15) is 0 Å². The first-order valence-corrected chi connectivity index (χ1v) is 7.54. The molecule has 0 saturated carbocycles. The Morgan fingerprint density at radius 3 is 2.68 bits per heavy atom. The maximum atomic E-state index is 14.1. The summed E-state index contributed by atoms with van der Waals surface area (Å²) >= 11 is 1.23. The molecule has 0 bridgehead atoms. The Morgan fingerprint density at radius 1 is 1.18 bits per heavy atom. The number of halogens is 1. The lowest BCUT2D eigenvalue weighted by molar-refractivity contribution is 0.608. The van der Waals surface area contributed by atoms with Gasteiger partial charge >= 0.3 is 0 Å². The van der Waals surface area contributed by atoms with Crippen molar-refractivity contribution in [3.63, 3.8) is 0 Å². The molecule has 5 heteroatoms. The van der Waals surface area contributed by atoms with Gasteiger partial charge < -0.3 is 0 Å². The number of benzene rings is 2. The number of fused-ring (bicyclic) bond motifs is 1. The molecule has 0 saturated heterocycles. The van der Waals surface area contributed by atoms with Crippen LogP contribution in [0.5, 0.6) is 0 Å². The Balaban J connectivity index is 2.36. The van der Waals surface area contributed by atoms with Crippen LogP contribution >= 0.6 is 11.8 Å². The smallest absolute Gasteiger partial charge is 0.266 e. The number of aromatic nitrogens is 2. The van der Waals surface area contributed by atoms with Gasteiger partial charge in [0.2, 0.25) is 0 Å². The number of hydrogen-bond donors (Lipinski definition) is 0. The SMILES string of the molecule is C#CCSc1nc2ccccc2c(=O)n1-c1ccccc1F. The summed E-state index contributed by atoms with van der Waals surface area (Å²) in [6, 6.07) is 13.1. The molecule has 0 aliphatic carbocycles. The van der Waals surface area contributed by atoms with Gasteiger partial charge in [0.25, 0.3) is 5.56 Å². The normalized spacial score (nSPS) is 10.5. The largest absolute Gasteiger partial charge is 0.268 e. The van der Waals surface area contributed by atoms with E-state index < -0.39 is 5.82 Å². The molecule has 1 aromatic heterocycles. The average molecular weight is 310 g/mol. The van der Waals surface area contributed by atoms with Crippen molar-refractivity contribution in [3.05, 3.63) is 64.7 Å². The van der Waals surface area contributed by atoms with E-state index in [4.69, 9.17) is 6.42 Å². The molecular weight excluding hydrogens is 299 g/mol. The number of nitrogens with zero attached hydrogens (tertiary/aromatic N) is 2. The van der Waals surface area contributed by atoms with Gasteiger partial charge in [0.05, 0.1) is 22.3 Å². The van der Waals surface area contributed by atoms with Crippen LogP contribution in [0.2, 0.25) is 0 Å². The lowest BCUT2D eigenvalue weighted by Gasteiger charge is -2.12. The van der Waals surface area contributed by atoms with E-state index in [0.717, 1.165) is 0 Å². The van der Waals surface area contributed by atoms with Crippen LogP contribution in [0.25, 0.3) is 16.6 Å². The van der Waals surface area contributed by atoms with Gasteiger partial charge in [-0.05, 0) is 24.3 Å². The molecule has 22 heavy (non-hydrogen) atoms. The van der Waals surface area contributed by atoms with Gasteiger partial charge in [-0.1, -0.05) is 41.9 Å². The summed E-state index contributed by atoms with van der Waals surface area (Å²) in [6.45, 7) is 0. The predicted octanol–water partition coefficient (Wildman–Crippen LogP) is 3.25. The van der Waals surface area contributed by atoms with E-state index in [2.05, 4.69) is 10.9 Å². The van der Waals surface area contributed by atoms with E-state index in [9.17, 15) is 9.18 Å². The van der Waals surface area contributed by atoms with E-state index in [0.29, 0.717) is 21.8 Å². The molecule has 2 aromatic carbocycles. The van der Waals surface area contributed by atoms with Gasteiger partial charge in [0, 0.05) is 0 Å². The fraction of sp³-hybridized carbons (Fsp3) is 0.0588. The molecule has 3 nitrogen and oxygen atoms in total. The highest BCUT2D eigenvalue weighted by Gasteiger charge is 2.15. The highest BCUT2D eigenvalue weighted by atomic mass is 32.2. The van der Waals surface area contributed by atoms with Crippen LogP contribution in [0.4, 0.5) is 4.39 Å². The van der Waals surface area contributed by atoms with Crippen LogP contribution in [0.15, 0.2) is 58.5 Å². The molecule has 0 aliphatic heterocycles. The minimum absolute atomic E-state index is 0.172. The van der Waals surface area contributed by atoms with Crippen LogP contribution < -0.4 is 5.56 Å². The summed E-state index contributed by atoms with van der Waals surface area (Å²) in [4.78, 5) is 17.2. The molecule has 0 atom stereocenters. The second-order valence-corrected chi connectivity index (χ2v) is 5.44. The molecule has 0 radical (unpaired) electrons. The molecule has 3 aromatic rings. The zero-order valence-electron chi connectivity index (χ0n) is 11.5. The Hall–Kier alpha value is -2.58. The van der Waals surface area contributed by atoms with E-state index in [1.165, 1.54) is 22.4 Å². The van der Waals surface area contributed by atoms with Crippen molar-refractivity contribution >= 4 is 22.7 Å². The molecule has 0 unspecified atom stereocenters. The van der Waals surface area contributed by atoms with Crippen molar-refractivity contribution in [1.29, 1.82) is 0 Å². The van der Waals surface area contributed by atoms with Gasteiger partial charge in [0.15, 0.2) is 5.16 Å². The number of terminal acetylenes is 1. The lowest BCUT2D eigenvalue weighted by Crippen LogP contribution is -2.22. The molecule has 0 spiro atoms. The van der Waals surface area contributed by atoms with Gasteiger partial charge in [0.1, 0.15) is 5.82 Å². The predicted molar refractivity (Wildman–Crippen MR) is 86.9 cm³/mol. The van der Waals surface area contributed by atoms with Crippen molar-refractivity contribution in [2.45, 2.75) is 5.16 Å². The van der Waals surface area contributed by atoms with Crippen molar-refractivity contribution in [1.82, 2.24) is 9.55 Å². The van der Waals surface area contributed by atoms with E-state index in [-0.39, 0.29) is 11.2 Å². The first-order valence-electron chi connectivity index (χ1n) is 6.55. The first kappa shape index (κ1) is 14.4. The van der Waals surface area contributed by atoms with Crippen molar-refractivity contribution in [2.24, 2.45) is 0 Å². The summed E-state index contributed by atoms with van der Waals surface area (Å²) in [6.07, 6.45) is 5.29. The minimum atomic E-state index is -0.482. The number of para-hydroxylation sites is 2. The van der Waals surface area contributed by atoms with Crippen molar-refractivity contribution < 1.29 is 4.39 Å². The Bertz CT molecular complexity index is 943. The highest BCUT2D eigenvalue weighted by Crippen LogP contribution is 2.22. The number of thioether (sulfide) groups is 1. The molecule has 0 amide bonds. The third kappa shape index (κ3) is 2.49. The summed E-state index contributed by atoms with van der Waals surface area (Å²) in [7, 11) is 0. The van der Waals surface area contributed by atoms with E-state index in [1.807, 2.05) is 0 Å². The van der Waals surface area contributed by atoms with E-state index >= 15 is 0 Å². The zero-order valence-corrected chi connectivity index (χ0v) is 12.3.